The van der Waals surface area contributed by atoms with Gasteiger partial charge in [0.2, 0.25) is 0 Å². The summed E-state index contributed by atoms with van der Waals surface area (Å²) >= 11 is 0. The van der Waals surface area contributed by atoms with Crippen LogP contribution in [0.3, 0.4) is 0 Å². The second kappa shape index (κ2) is 6.27. The van der Waals surface area contributed by atoms with Crippen molar-refractivity contribution in [2.45, 2.75) is 20.4 Å². The van der Waals surface area contributed by atoms with Crippen LogP contribution in [0, 0.1) is 0 Å². The summed E-state index contributed by atoms with van der Waals surface area (Å²) in [6.45, 7) is 6.14. The molecule has 90 valence electrons. The van der Waals surface area contributed by atoms with Gasteiger partial charge in [-0.2, -0.15) is 5.10 Å². The van der Waals surface area contributed by atoms with E-state index in [1.165, 1.54) is 0 Å². The van der Waals surface area contributed by atoms with Crippen LogP contribution in [0.2, 0.25) is 0 Å². The lowest BCUT2D eigenvalue weighted by Crippen LogP contribution is -2.30. The number of esters is 1. The number of rotatable bonds is 6. The third kappa shape index (κ3) is 4.02. The molecule has 0 aliphatic carbocycles. The molecule has 0 amide bonds. The Balaban J connectivity index is 2.45. The Labute approximate surface area is 96.0 Å². The van der Waals surface area contributed by atoms with E-state index >= 15 is 0 Å². The van der Waals surface area contributed by atoms with Crippen LogP contribution in [-0.4, -0.2) is 40.3 Å². The number of carbonyl (C=O) groups excluding carboxylic acids is 1. The van der Waals surface area contributed by atoms with E-state index in [2.05, 4.69) is 5.10 Å². The minimum absolute atomic E-state index is 0.173. The van der Waals surface area contributed by atoms with Crippen molar-refractivity contribution in [1.29, 1.82) is 0 Å². The van der Waals surface area contributed by atoms with Gasteiger partial charge in [0, 0.05) is 25.4 Å². The molecule has 1 aromatic rings. The van der Waals surface area contributed by atoms with Gasteiger partial charge >= 0.3 is 5.97 Å². The Hall–Kier alpha value is -1.36. The second-order valence-corrected chi connectivity index (χ2v) is 3.63. The van der Waals surface area contributed by atoms with Crippen LogP contribution < -0.4 is 0 Å². The van der Waals surface area contributed by atoms with E-state index in [0.717, 1.165) is 18.7 Å². The SMILES string of the molecule is CCOC(=O)CN(CC)Cc1cnn(C)c1. The van der Waals surface area contributed by atoms with Gasteiger partial charge in [-0.3, -0.25) is 14.4 Å². The molecule has 0 saturated carbocycles. The lowest BCUT2D eigenvalue weighted by Gasteiger charge is -2.18. The quantitative estimate of drug-likeness (QED) is 0.672. The Kier molecular flexibility index (Phi) is 4.98. The number of hydrogen-bond donors (Lipinski definition) is 0. The standard InChI is InChI=1S/C11H19N3O2/c1-4-14(9-11(15)16-5-2)8-10-6-12-13(3)7-10/h6-7H,4-5,8-9H2,1-3H3. The number of aromatic nitrogens is 2. The van der Waals surface area contributed by atoms with Gasteiger partial charge in [-0.1, -0.05) is 6.92 Å². The zero-order valence-electron chi connectivity index (χ0n) is 10.1. The zero-order chi connectivity index (χ0) is 12.0. The first-order valence-electron chi connectivity index (χ1n) is 5.51. The van der Waals surface area contributed by atoms with Gasteiger partial charge in [0.1, 0.15) is 0 Å². The van der Waals surface area contributed by atoms with Gasteiger partial charge in [-0.05, 0) is 13.5 Å². The fourth-order valence-electron chi connectivity index (χ4n) is 1.48. The average Bonchev–Trinajstić information content (AvgIpc) is 2.63. The maximum absolute atomic E-state index is 11.3. The van der Waals surface area contributed by atoms with Crippen LogP contribution >= 0.6 is 0 Å². The van der Waals surface area contributed by atoms with E-state index < -0.39 is 0 Å². The van der Waals surface area contributed by atoms with Gasteiger partial charge in [0.25, 0.3) is 0 Å². The molecule has 1 heterocycles. The van der Waals surface area contributed by atoms with Crippen molar-refractivity contribution in [2.24, 2.45) is 7.05 Å². The third-order valence-electron chi connectivity index (χ3n) is 2.27. The molecule has 5 heteroatoms. The maximum Gasteiger partial charge on any atom is 0.320 e. The van der Waals surface area contributed by atoms with Crippen molar-refractivity contribution in [3.63, 3.8) is 0 Å². The normalized spacial score (nSPS) is 10.8. The largest absolute Gasteiger partial charge is 0.465 e. The predicted octanol–water partition coefficient (Wildman–Crippen LogP) is 0.805. The Morgan fingerprint density at radius 2 is 2.31 bits per heavy atom. The van der Waals surface area contributed by atoms with E-state index in [1.54, 1.807) is 4.68 Å². The van der Waals surface area contributed by atoms with Crippen molar-refractivity contribution >= 4 is 5.97 Å². The molecule has 0 N–H and O–H groups in total. The highest BCUT2D eigenvalue weighted by atomic mass is 16.5. The number of ether oxygens (including phenoxy) is 1. The summed E-state index contributed by atoms with van der Waals surface area (Å²) in [5, 5.41) is 4.09. The summed E-state index contributed by atoms with van der Waals surface area (Å²) in [7, 11) is 1.88. The third-order valence-corrected chi connectivity index (χ3v) is 2.27. The van der Waals surface area contributed by atoms with Crippen molar-refractivity contribution in [3.8, 4) is 0 Å². The fourth-order valence-corrected chi connectivity index (χ4v) is 1.48. The molecule has 0 fully saturated rings. The molecule has 0 unspecified atom stereocenters. The van der Waals surface area contributed by atoms with E-state index in [9.17, 15) is 4.79 Å². The summed E-state index contributed by atoms with van der Waals surface area (Å²) < 4.78 is 6.67. The van der Waals surface area contributed by atoms with Crippen molar-refractivity contribution in [1.82, 2.24) is 14.7 Å². The summed E-state index contributed by atoms with van der Waals surface area (Å²) in [6, 6.07) is 0. The number of aryl methyl sites for hydroxylation is 1. The predicted molar refractivity (Wildman–Crippen MR) is 60.8 cm³/mol. The first-order valence-corrected chi connectivity index (χ1v) is 5.51. The highest BCUT2D eigenvalue weighted by Crippen LogP contribution is 2.02. The van der Waals surface area contributed by atoms with Crippen molar-refractivity contribution in [3.05, 3.63) is 18.0 Å². The summed E-state index contributed by atoms with van der Waals surface area (Å²) in [6.07, 6.45) is 3.77. The van der Waals surface area contributed by atoms with Crippen LogP contribution in [0.4, 0.5) is 0 Å². The topological polar surface area (TPSA) is 47.4 Å². The molecule has 0 saturated heterocycles. The van der Waals surface area contributed by atoms with E-state index in [-0.39, 0.29) is 5.97 Å². The zero-order valence-corrected chi connectivity index (χ0v) is 10.1. The average molecular weight is 225 g/mol. The van der Waals surface area contributed by atoms with E-state index in [4.69, 9.17) is 4.74 Å². The van der Waals surface area contributed by atoms with Gasteiger partial charge < -0.3 is 4.74 Å². The number of nitrogens with zero attached hydrogens (tertiary/aromatic N) is 3. The first-order chi connectivity index (χ1) is 7.65. The van der Waals surface area contributed by atoms with Crippen LogP contribution in [-0.2, 0) is 23.1 Å². The Bertz CT molecular complexity index is 336. The maximum atomic E-state index is 11.3. The van der Waals surface area contributed by atoms with E-state index in [0.29, 0.717) is 13.2 Å². The molecule has 0 aliphatic rings. The molecular weight excluding hydrogens is 206 g/mol. The van der Waals surface area contributed by atoms with Crippen molar-refractivity contribution < 1.29 is 9.53 Å². The lowest BCUT2D eigenvalue weighted by molar-refractivity contribution is -0.144. The molecule has 0 bridgehead atoms. The Morgan fingerprint density at radius 1 is 1.56 bits per heavy atom. The van der Waals surface area contributed by atoms with Crippen LogP contribution in [0.15, 0.2) is 12.4 Å². The number of carbonyl (C=O) groups is 1. The van der Waals surface area contributed by atoms with Crippen LogP contribution in [0.1, 0.15) is 19.4 Å². The molecule has 1 rings (SSSR count). The molecule has 0 aliphatic heterocycles. The smallest absolute Gasteiger partial charge is 0.320 e. The molecule has 0 spiro atoms. The molecule has 0 radical (unpaired) electrons. The lowest BCUT2D eigenvalue weighted by atomic mass is 10.3. The molecule has 0 atom stereocenters. The Morgan fingerprint density at radius 3 is 2.81 bits per heavy atom. The fraction of sp³-hybridized carbons (Fsp3) is 0.636. The minimum atomic E-state index is -0.173. The highest BCUT2D eigenvalue weighted by Gasteiger charge is 2.10. The van der Waals surface area contributed by atoms with Crippen LogP contribution in [0.5, 0.6) is 0 Å². The summed E-state index contributed by atoms with van der Waals surface area (Å²) in [5.41, 5.74) is 1.11. The minimum Gasteiger partial charge on any atom is -0.465 e. The number of hydrogen-bond acceptors (Lipinski definition) is 4. The summed E-state index contributed by atoms with van der Waals surface area (Å²) in [4.78, 5) is 13.3. The van der Waals surface area contributed by atoms with E-state index in [1.807, 2.05) is 38.2 Å². The molecule has 5 nitrogen and oxygen atoms in total. The van der Waals surface area contributed by atoms with Crippen molar-refractivity contribution in [2.75, 3.05) is 19.7 Å². The summed E-state index contributed by atoms with van der Waals surface area (Å²) in [5.74, 6) is -0.173. The van der Waals surface area contributed by atoms with Gasteiger partial charge in [0.05, 0.1) is 19.3 Å². The molecule has 16 heavy (non-hydrogen) atoms. The monoisotopic (exact) mass is 225 g/mol. The van der Waals surface area contributed by atoms with Crippen LogP contribution in [0.25, 0.3) is 0 Å². The number of likely N-dealkylation sites (N-methyl/N-ethyl adjacent to an activating group) is 1. The molecule has 1 aromatic heterocycles. The highest BCUT2D eigenvalue weighted by molar-refractivity contribution is 5.71. The van der Waals surface area contributed by atoms with Gasteiger partial charge in [-0.25, -0.2) is 0 Å². The van der Waals surface area contributed by atoms with Gasteiger partial charge in [0.15, 0.2) is 0 Å². The molecule has 0 aromatic carbocycles. The van der Waals surface area contributed by atoms with Gasteiger partial charge in [-0.15, -0.1) is 0 Å². The second-order valence-electron chi connectivity index (χ2n) is 3.63. The molecular formula is C11H19N3O2. The first kappa shape index (κ1) is 12.7.